The molecule has 0 saturated carbocycles. The van der Waals surface area contributed by atoms with Gasteiger partial charge in [0.1, 0.15) is 12.6 Å². The molecule has 0 bridgehead atoms. The Hall–Kier alpha value is -1.28. The fourth-order valence-corrected chi connectivity index (χ4v) is 2.59. The van der Waals surface area contributed by atoms with Gasteiger partial charge < -0.3 is 19.6 Å². The summed E-state index contributed by atoms with van der Waals surface area (Å²) in [6.07, 6.45) is -0.710. The molecule has 2 rings (SSSR count). The second kappa shape index (κ2) is 5.61. The average Bonchev–Trinajstić information content (AvgIpc) is 2.64. The third-order valence-electron chi connectivity index (χ3n) is 3.52. The fourth-order valence-electron chi connectivity index (χ4n) is 2.59. The van der Waals surface area contributed by atoms with Gasteiger partial charge in [-0.2, -0.15) is 0 Å². The Labute approximate surface area is 115 Å². The number of rotatable bonds is 1. The van der Waals surface area contributed by atoms with Gasteiger partial charge in [0.2, 0.25) is 11.8 Å². The van der Waals surface area contributed by atoms with Crippen molar-refractivity contribution in [3.63, 3.8) is 0 Å². The van der Waals surface area contributed by atoms with E-state index in [1.54, 1.807) is 0 Å². The highest BCUT2D eigenvalue weighted by molar-refractivity contribution is 5.87. The summed E-state index contributed by atoms with van der Waals surface area (Å²) in [6, 6.07) is -0.864. The predicted octanol–water partition coefficient (Wildman–Crippen LogP) is -0.538. The van der Waals surface area contributed by atoms with E-state index in [1.165, 1.54) is 11.8 Å². The maximum absolute atomic E-state index is 13.4. The van der Waals surface area contributed by atoms with Crippen molar-refractivity contribution in [2.75, 3.05) is 32.8 Å². The maximum Gasteiger partial charge on any atom is 0.288 e. The Kier molecular flexibility index (Phi) is 4.24. The van der Waals surface area contributed by atoms with E-state index in [1.807, 2.05) is 0 Å². The molecule has 0 aromatic rings. The van der Waals surface area contributed by atoms with Gasteiger partial charge in [0.15, 0.2) is 0 Å². The minimum atomic E-state index is -3.09. The Morgan fingerprint density at radius 1 is 1.40 bits per heavy atom. The van der Waals surface area contributed by atoms with E-state index >= 15 is 0 Å². The lowest BCUT2D eigenvalue weighted by atomic mass is 10.1. The Balaban J connectivity index is 2.11. The van der Waals surface area contributed by atoms with Crippen LogP contribution < -0.4 is 0 Å². The third-order valence-corrected chi connectivity index (χ3v) is 3.52. The monoisotopic (exact) mass is 292 g/mol. The van der Waals surface area contributed by atoms with Gasteiger partial charge >= 0.3 is 0 Å². The molecule has 2 fully saturated rings. The molecular formula is C12H18F2N2O4. The Morgan fingerprint density at radius 3 is 2.75 bits per heavy atom. The van der Waals surface area contributed by atoms with E-state index in [2.05, 4.69) is 0 Å². The van der Waals surface area contributed by atoms with E-state index in [0.29, 0.717) is 0 Å². The largest absolute Gasteiger partial charge is 0.391 e. The molecule has 114 valence electrons. The van der Waals surface area contributed by atoms with Gasteiger partial charge in [0.05, 0.1) is 19.3 Å². The number of carbonyl (C=O) groups is 2. The lowest BCUT2D eigenvalue weighted by Gasteiger charge is -2.29. The third kappa shape index (κ3) is 3.24. The van der Waals surface area contributed by atoms with Crippen LogP contribution in [0.25, 0.3) is 0 Å². The molecule has 1 N–H and O–H groups in total. The molecule has 2 amide bonds. The second-order valence-corrected chi connectivity index (χ2v) is 5.25. The van der Waals surface area contributed by atoms with E-state index in [4.69, 9.17) is 4.74 Å². The zero-order valence-electron chi connectivity index (χ0n) is 11.2. The summed E-state index contributed by atoms with van der Waals surface area (Å²) in [4.78, 5) is 26.0. The van der Waals surface area contributed by atoms with Crippen LogP contribution in [-0.2, 0) is 14.3 Å². The Morgan fingerprint density at radius 2 is 2.10 bits per heavy atom. The molecule has 0 aliphatic carbocycles. The molecule has 0 aromatic carbocycles. The van der Waals surface area contributed by atoms with Crippen LogP contribution in [0.15, 0.2) is 0 Å². The first-order valence-electron chi connectivity index (χ1n) is 6.50. The maximum atomic E-state index is 13.4. The summed E-state index contributed by atoms with van der Waals surface area (Å²) in [7, 11) is 0. The number of nitrogens with zero attached hydrogens (tertiary/aromatic N) is 2. The van der Waals surface area contributed by atoms with E-state index in [9.17, 15) is 23.5 Å². The van der Waals surface area contributed by atoms with Crippen LogP contribution >= 0.6 is 0 Å². The molecule has 0 aromatic heterocycles. The molecular weight excluding hydrogens is 274 g/mol. The molecule has 2 atom stereocenters. The van der Waals surface area contributed by atoms with Crippen LogP contribution in [0.2, 0.25) is 0 Å². The van der Waals surface area contributed by atoms with Crippen molar-refractivity contribution in [3.05, 3.63) is 0 Å². The van der Waals surface area contributed by atoms with E-state index < -0.39 is 37.1 Å². The molecule has 2 aliphatic heterocycles. The van der Waals surface area contributed by atoms with E-state index in [-0.39, 0.29) is 32.0 Å². The van der Waals surface area contributed by atoms with Crippen LogP contribution in [0.3, 0.4) is 0 Å². The molecule has 6 nitrogen and oxygen atoms in total. The fraction of sp³-hybridized carbons (Fsp3) is 0.833. The number of aliphatic hydroxyl groups excluding tert-OH is 1. The molecule has 2 saturated heterocycles. The highest BCUT2D eigenvalue weighted by Crippen LogP contribution is 2.24. The van der Waals surface area contributed by atoms with Gasteiger partial charge in [-0.15, -0.1) is 0 Å². The molecule has 0 radical (unpaired) electrons. The highest BCUT2D eigenvalue weighted by Gasteiger charge is 2.43. The van der Waals surface area contributed by atoms with Crippen molar-refractivity contribution in [1.29, 1.82) is 0 Å². The lowest BCUT2D eigenvalue weighted by molar-refractivity contribution is -0.145. The van der Waals surface area contributed by atoms with Crippen LogP contribution in [0, 0.1) is 0 Å². The predicted molar refractivity (Wildman–Crippen MR) is 64.1 cm³/mol. The van der Waals surface area contributed by atoms with Crippen molar-refractivity contribution >= 4 is 11.8 Å². The summed E-state index contributed by atoms with van der Waals surface area (Å²) in [5, 5.41) is 9.59. The number of carbonyl (C=O) groups excluding carboxylic acids is 2. The molecule has 2 aliphatic rings. The molecule has 0 spiro atoms. The van der Waals surface area contributed by atoms with Crippen LogP contribution in [0.1, 0.15) is 13.3 Å². The standard InChI is InChI=1S/C12H18F2N2O4/c1-8(17)16-5-9(18)4-10(16)11(19)15-2-3-20-7-12(13,14)6-15/h9-10,18H,2-7H2,1H3/t9-,10+/m0/s1. The number of ether oxygens (including phenoxy) is 1. The SMILES string of the molecule is CC(=O)N1C[C@@H](O)C[C@@H]1C(=O)N1CCOCC(F)(F)C1. The van der Waals surface area contributed by atoms with Gasteiger partial charge in [0, 0.05) is 26.4 Å². The molecule has 2 heterocycles. The van der Waals surface area contributed by atoms with Crippen molar-refractivity contribution in [1.82, 2.24) is 9.80 Å². The first kappa shape index (κ1) is 15.1. The first-order valence-corrected chi connectivity index (χ1v) is 6.50. The number of hydrogen-bond donors (Lipinski definition) is 1. The van der Waals surface area contributed by atoms with Gasteiger partial charge in [-0.3, -0.25) is 9.59 Å². The number of β-amino-alcohol motifs (C(OH)–C–C–N with tert-alkyl or cyclic N) is 1. The summed E-state index contributed by atoms with van der Waals surface area (Å²) in [5.41, 5.74) is 0. The number of halogens is 2. The minimum absolute atomic E-state index is 0.0384. The number of aliphatic hydroxyl groups is 1. The van der Waals surface area contributed by atoms with Crippen molar-refractivity contribution in [3.8, 4) is 0 Å². The van der Waals surface area contributed by atoms with Gasteiger partial charge in [-0.05, 0) is 0 Å². The van der Waals surface area contributed by atoms with Crippen LogP contribution in [0.5, 0.6) is 0 Å². The number of hydrogen-bond acceptors (Lipinski definition) is 4. The van der Waals surface area contributed by atoms with Crippen molar-refractivity contribution in [2.45, 2.75) is 31.4 Å². The van der Waals surface area contributed by atoms with Crippen LogP contribution in [0.4, 0.5) is 8.78 Å². The van der Waals surface area contributed by atoms with E-state index in [0.717, 1.165) is 4.90 Å². The first-order chi connectivity index (χ1) is 9.30. The Bertz CT molecular complexity index is 405. The van der Waals surface area contributed by atoms with Crippen molar-refractivity contribution in [2.24, 2.45) is 0 Å². The summed E-state index contributed by atoms with van der Waals surface area (Å²) < 4.78 is 31.7. The van der Waals surface area contributed by atoms with Gasteiger partial charge in [0.25, 0.3) is 5.92 Å². The second-order valence-electron chi connectivity index (χ2n) is 5.25. The normalized spacial score (nSPS) is 30.2. The summed E-state index contributed by atoms with van der Waals surface area (Å²) in [5.74, 6) is -4.00. The number of amides is 2. The smallest absolute Gasteiger partial charge is 0.288 e. The quantitative estimate of drug-likeness (QED) is 0.705. The van der Waals surface area contributed by atoms with Crippen LogP contribution in [-0.4, -0.2) is 77.6 Å². The van der Waals surface area contributed by atoms with Gasteiger partial charge in [-0.1, -0.05) is 0 Å². The number of alkyl halides is 2. The molecule has 0 unspecified atom stereocenters. The zero-order chi connectivity index (χ0) is 14.9. The topological polar surface area (TPSA) is 70.1 Å². The zero-order valence-corrected chi connectivity index (χ0v) is 11.2. The minimum Gasteiger partial charge on any atom is -0.391 e. The average molecular weight is 292 g/mol. The molecule has 8 heteroatoms. The summed E-state index contributed by atoms with van der Waals surface area (Å²) >= 11 is 0. The van der Waals surface area contributed by atoms with Gasteiger partial charge in [-0.25, -0.2) is 8.78 Å². The van der Waals surface area contributed by atoms with Crippen molar-refractivity contribution < 1.29 is 28.2 Å². The summed E-state index contributed by atoms with van der Waals surface area (Å²) in [6.45, 7) is 0.0268. The number of likely N-dealkylation sites (tertiary alicyclic amines) is 1. The lowest BCUT2D eigenvalue weighted by Crippen LogP contribution is -2.50. The molecule has 20 heavy (non-hydrogen) atoms. The highest BCUT2D eigenvalue weighted by atomic mass is 19.3.